The Morgan fingerprint density at radius 1 is 1.17 bits per heavy atom. The van der Waals surface area contributed by atoms with Crippen molar-refractivity contribution in [1.82, 2.24) is 5.32 Å². The molecule has 2 N–H and O–H groups in total. The van der Waals surface area contributed by atoms with Crippen molar-refractivity contribution in [2.45, 2.75) is 76.8 Å². The first-order chi connectivity index (χ1) is 8.70. The topological polar surface area (TPSA) is 49.3 Å². The van der Waals surface area contributed by atoms with Crippen LogP contribution in [0.2, 0.25) is 0 Å². The van der Waals surface area contributed by atoms with Gasteiger partial charge in [-0.05, 0) is 38.0 Å². The summed E-state index contributed by atoms with van der Waals surface area (Å²) in [6.07, 6.45) is 10.5. The number of rotatable bonds is 4. The van der Waals surface area contributed by atoms with E-state index in [1.165, 1.54) is 32.1 Å². The molecule has 0 saturated heterocycles. The van der Waals surface area contributed by atoms with Gasteiger partial charge in [-0.2, -0.15) is 0 Å². The number of hydrogen-bond donors (Lipinski definition) is 2. The molecule has 2 aliphatic carbocycles. The molecule has 0 heterocycles. The second kappa shape index (κ2) is 6.55. The van der Waals surface area contributed by atoms with Crippen LogP contribution in [0, 0.1) is 11.8 Å². The molecule has 3 nitrogen and oxygen atoms in total. The highest BCUT2D eigenvalue weighted by atomic mass is 16.4. The zero-order valence-electron chi connectivity index (χ0n) is 11.5. The zero-order chi connectivity index (χ0) is 13.0. The lowest BCUT2D eigenvalue weighted by Crippen LogP contribution is -2.46. The van der Waals surface area contributed by atoms with Crippen molar-refractivity contribution < 1.29 is 9.90 Å². The minimum Gasteiger partial charge on any atom is -0.481 e. The van der Waals surface area contributed by atoms with Gasteiger partial charge in [0.1, 0.15) is 0 Å². The Labute approximate surface area is 110 Å². The van der Waals surface area contributed by atoms with Crippen LogP contribution in [0.25, 0.3) is 0 Å². The third-order valence-electron chi connectivity index (χ3n) is 4.91. The third kappa shape index (κ3) is 3.47. The quantitative estimate of drug-likeness (QED) is 0.809. The first-order valence-corrected chi connectivity index (χ1v) is 7.69. The Bertz CT molecular complexity index is 280. The van der Waals surface area contributed by atoms with E-state index in [9.17, 15) is 4.79 Å². The summed E-state index contributed by atoms with van der Waals surface area (Å²) in [5, 5.41) is 12.9. The smallest absolute Gasteiger partial charge is 0.306 e. The highest BCUT2D eigenvalue weighted by molar-refractivity contribution is 5.70. The molecule has 4 unspecified atom stereocenters. The average molecular weight is 253 g/mol. The minimum absolute atomic E-state index is 0.111. The van der Waals surface area contributed by atoms with Gasteiger partial charge in [0.05, 0.1) is 5.92 Å². The van der Waals surface area contributed by atoms with Crippen molar-refractivity contribution in [1.29, 1.82) is 0 Å². The maximum Gasteiger partial charge on any atom is 0.306 e. The Morgan fingerprint density at radius 3 is 2.67 bits per heavy atom. The van der Waals surface area contributed by atoms with Crippen molar-refractivity contribution in [2.75, 3.05) is 0 Å². The lowest BCUT2D eigenvalue weighted by atomic mass is 9.80. The monoisotopic (exact) mass is 253 g/mol. The van der Waals surface area contributed by atoms with E-state index in [4.69, 9.17) is 5.11 Å². The van der Waals surface area contributed by atoms with Crippen LogP contribution < -0.4 is 5.32 Å². The fraction of sp³-hybridized carbons (Fsp3) is 0.933. The Hall–Kier alpha value is -0.570. The number of aliphatic carboxylic acids is 1. The minimum atomic E-state index is -0.600. The fourth-order valence-electron chi connectivity index (χ4n) is 3.78. The van der Waals surface area contributed by atoms with Gasteiger partial charge in [-0.25, -0.2) is 0 Å². The molecule has 0 aromatic carbocycles. The van der Waals surface area contributed by atoms with Gasteiger partial charge in [0.2, 0.25) is 0 Å². The van der Waals surface area contributed by atoms with Crippen molar-refractivity contribution in [3.05, 3.63) is 0 Å². The normalized spacial score (nSPS) is 37.4. The molecule has 0 aromatic heterocycles. The zero-order valence-corrected chi connectivity index (χ0v) is 11.5. The summed E-state index contributed by atoms with van der Waals surface area (Å²) in [6.45, 7) is 2.28. The molecule has 0 bridgehead atoms. The molecule has 18 heavy (non-hydrogen) atoms. The molecule has 2 aliphatic rings. The molecular formula is C15H27NO2. The molecule has 2 fully saturated rings. The lowest BCUT2D eigenvalue weighted by Gasteiger charge is -2.37. The highest BCUT2D eigenvalue weighted by Gasteiger charge is 2.30. The summed E-state index contributed by atoms with van der Waals surface area (Å²) in [7, 11) is 0. The van der Waals surface area contributed by atoms with Crippen LogP contribution >= 0.6 is 0 Å². The molecule has 4 atom stereocenters. The molecular weight excluding hydrogens is 226 g/mol. The van der Waals surface area contributed by atoms with Crippen LogP contribution in [0.3, 0.4) is 0 Å². The van der Waals surface area contributed by atoms with E-state index in [-0.39, 0.29) is 5.92 Å². The first kappa shape index (κ1) is 13.9. The first-order valence-electron chi connectivity index (χ1n) is 7.69. The van der Waals surface area contributed by atoms with Crippen molar-refractivity contribution in [2.24, 2.45) is 11.8 Å². The van der Waals surface area contributed by atoms with Gasteiger partial charge in [0, 0.05) is 12.1 Å². The second-order valence-electron chi connectivity index (χ2n) is 6.12. The van der Waals surface area contributed by atoms with Crippen LogP contribution in [-0.4, -0.2) is 23.2 Å². The molecule has 0 spiro atoms. The predicted molar refractivity (Wildman–Crippen MR) is 72.6 cm³/mol. The van der Waals surface area contributed by atoms with Gasteiger partial charge in [0.25, 0.3) is 0 Å². The summed E-state index contributed by atoms with van der Waals surface area (Å²) < 4.78 is 0. The number of nitrogens with one attached hydrogen (secondary N) is 1. The summed E-state index contributed by atoms with van der Waals surface area (Å²) in [6, 6.07) is 1.08. The molecule has 104 valence electrons. The molecule has 0 aliphatic heterocycles. The Morgan fingerprint density at radius 2 is 1.94 bits per heavy atom. The molecule has 0 amide bonds. The van der Waals surface area contributed by atoms with Crippen molar-refractivity contribution >= 4 is 5.97 Å². The Balaban J connectivity index is 1.85. The van der Waals surface area contributed by atoms with Crippen molar-refractivity contribution in [3.8, 4) is 0 Å². The fourth-order valence-corrected chi connectivity index (χ4v) is 3.78. The third-order valence-corrected chi connectivity index (χ3v) is 4.91. The van der Waals surface area contributed by atoms with E-state index in [1.54, 1.807) is 0 Å². The number of carbonyl (C=O) groups is 1. The molecule has 0 radical (unpaired) electrons. The van der Waals surface area contributed by atoms with Crippen LogP contribution in [0.1, 0.15) is 64.7 Å². The summed E-state index contributed by atoms with van der Waals surface area (Å²) in [5.74, 6) is 0.0982. The van der Waals surface area contributed by atoms with Crippen LogP contribution in [-0.2, 0) is 4.79 Å². The van der Waals surface area contributed by atoms with Gasteiger partial charge < -0.3 is 10.4 Å². The lowest BCUT2D eigenvalue weighted by molar-refractivity contribution is -0.143. The highest BCUT2D eigenvalue weighted by Crippen LogP contribution is 2.30. The van der Waals surface area contributed by atoms with Crippen LogP contribution in [0.15, 0.2) is 0 Å². The Kier molecular flexibility index (Phi) is 5.04. The maximum absolute atomic E-state index is 11.1. The van der Waals surface area contributed by atoms with Gasteiger partial charge >= 0.3 is 5.97 Å². The summed E-state index contributed by atoms with van der Waals surface area (Å²) in [5.41, 5.74) is 0. The predicted octanol–water partition coefficient (Wildman–Crippen LogP) is 3.19. The number of carboxylic acid groups (broad SMARTS) is 1. The van der Waals surface area contributed by atoms with Crippen molar-refractivity contribution in [3.63, 3.8) is 0 Å². The molecule has 2 saturated carbocycles. The van der Waals surface area contributed by atoms with E-state index in [1.807, 2.05) is 0 Å². The van der Waals surface area contributed by atoms with E-state index in [0.29, 0.717) is 12.1 Å². The van der Waals surface area contributed by atoms with E-state index >= 15 is 0 Å². The van der Waals surface area contributed by atoms with Gasteiger partial charge in [0.15, 0.2) is 0 Å². The van der Waals surface area contributed by atoms with E-state index < -0.39 is 5.97 Å². The van der Waals surface area contributed by atoms with Crippen LogP contribution in [0.5, 0.6) is 0 Å². The maximum atomic E-state index is 11.1. The number of carboxylic acids is 1. The van der Waals surface area contributed by atoms with E-state index in [2.05, 4.69) is 12.2 Å². The average Bonchev–Trinajstić information content (AvgIpc) is 2.39. The summed E-state index contributed by atoms with van der Waals surface area (Å²) >= 11 is 0. The van der Waals surface area contributed by atoms with Gasteiger partial charge in [-0.3, -0.25) is 4.79 Å². The molecule has 2 rings (SSSR count). The SMILES string of the molecule is CCC1CCCCC1NC1CCCC(C(=O)O)C1. The van der Waals surface area contributed by atoms with Gasteiger partial charge in [-0.15, -0.1) is 0 Å². The summed E-state index contributed by atoms with van der Waals surface area (Å²) in [4.78, 5) is 11.1. The van der Waals surface area contributed by atoms with Gasteiger partial charge in [-0.1, -0.05) is 32.6 Å². The standard InChI is InChI=1S/C15H27NO2/c1-2-11-6-3-4-9-14(11)16-13-8-5-7-12(10-13)15(17)18/h11-14,16H,2-10H2,1H3,(H,17,18). The molecule has 0 aromatic rings. The largest absolute Gasteiger partial charge is 0.481 e. The number of hydrogen-bond acceptors (Lipinski definition) is 2. The second-order valence-corrected chi connectivity index (χ2v) is 6.12. The molecule has 3 heteroatoms. The van der Waals surface area contributed by atoms with E-state index in [0.717, 1.165) is 31.6 Å². The van der Waals surface area contributed by atoms with Crippen LogP contribution in [0.4, 0.5) is 0 Å².